The second-order valence-electron chi connectivity index (χ2n) is 8.26. The number of amides is 2. The quantitative estimate of drug-likeness (QED) is 0.499. The zero-order valence-electron chi connectivity index (χ0n) is 18.8. The third-order valence-electron chi connectivity index (χ3n) is 5.59. The number of aryl methyl sites for hydroxylation is 2. The van der Waals surface area contributed by atoms with Crippen LogP contribution in [0.4, 0.5) is 5.82 Å². The molecule has 9 heteroatoms. The Kier molecular flexibility index (Phi) is 7.02. The number of pyridine rings is 2. The Hall–Kier alpha value is -3.59. The van der Waals surface area contributed by atoms with Crippen LogP contribution < -0.4 is 10.2 Å². The third kappa shape index (κ3) is 5.31. The number of carbonyl (C=O) groups excluding carboxylic acids is 2. The number of rotatable bonds is 8. The molecule has 0 aliphatic carbocycles. The zero-order chi connectivity index (χ0) is 24.1. The molecule has 1 aliphatic rings. The molecule has 176 valence electrons. The average Bonchev–Trinajstić information content (AvgIpc) is 3.08. The molecular weight excluding hydrogens is 452 g/mol. The Balaban J connectivity index is 1.45. The van der Waals surface area contributed by atoms with Gasteiger partial charge in [0, 0.05) is 12.7 Å². The number of hydrogen-bond donors (Lipinski definition) is 1. The van der Waals surface area contributed by atoms with Crippen LogP contribution in [0.2, 0.25) is 0 Å². The standard InChI is InChI=1S/C25H26N4O4S/c1-18-13-14-22(27-16-18)29-23(30)17-34(32,33)25(29)21-12-7-11-20(28-21)24(31)26-15-6-5-10-19-8-3-2-4-9-19/h2-4,7-9,11-14,16,25H,5-6,10,15,17H2,1H3,(H,26,31). The van der Waals surface area contributed by atoms with Crippen LogP contribution in [0.5, 0.6) is 0 Å². The van der Waals surface area contributed by atoms with Crippen LogP contribution in [-0.4, -0.2) is 42.5 Å². The minimum atomic E-state index is -3.85. The Morgan fingerprint density at radius 3 is 2.59 bits per heavy atom. The fourth-order valence-corrected chi connectivity index (χ4v) is 5.57. The Bertz CT molecular complexity index is 1280. The summed E-state index contributed by atoms with van der Waals surface area (Å²) in [6.07, 6.45) is 4.23. The summed E-state index contributed by atoms with van der Waals surface area (Å²) >= 11 is 0. The van der Waals surface area contributed by atoms with E-state index in [4.69, 9.17) is 0 Å². The van der Waals surface area contributed by atoms with Crippen molar-refractivity contribution < 1.29 is 18.0 Å². The molecule has 2 amide bonds. The molecule has 1 N–H and O–H groups in total. The van der Waals surface area contributed by atoms with Crippen LogP contribution in [0.1, 0.15) is 45.5 Å². The largest absolute Gasteiger partial charge is 0.351 e. The van der Waals surface area contributed by atoms with E-state index in [1.807, 2.05) is 25.1 Å². The molecule has 1 aliphatic heterocycles. The first-order valence-corrected chi connectivity index (χ1v) is 12.8. The van der Waals surface area contributed by atoms with Gasteiger partial charge in [0.25, 0.3) is 5.91 Å². The van der Waals surface area contributed by atoms with E-state index >= 15 is 0 Å². The SMILES string of the molecule is Cc1ccc(N2C(=O)CS(=O)(=O)C2c2cccc(C(=O)NCCCCc3ccccc3)n2)nc1. The maximum absolute atomic E-state index is 12.8. The predicted octanol–water partition coefficient (Wildman–Crippen LogP) is 3.00. The molecule has 1 atom stereocenters. The number of anilines is 1. The summed E-state index contributed by atoms with van der Waals surface area (Å²) in [4.78, 5) is 34.9. The number of carbonyl (C=O) groups is 2. The summed E-state index contributed by atoms with van der Waals surface area (Å²) in [6.45, 7) is 2.33. The van der Waals surface area contributed by atoms with Gasteiger partial charge >= 0.3 is 0 Å². The summed E-state index contributed by atoms with van der Waals surface area (Å²) in [6, 6.07) is 18.1. The number of nitrogens with zero attached hydrogens (tertiary/aromatic N) is 3. The first kappa shape index (κ1) is 23.6. The highest BCUT2D eigenvalue weighted by Gasteiger charge is 2.47. The molecule has 3 aromatic rings. The lowest BCUT2D eigenvalue weighted by Gasteiger charge is -2.22. The van der Waals surface area contributed by atoms with E-state index < -0.39 is 26.9 Å². The van der Waals surface area contributed by atoms with Gasteiger partial charge in [-0.2, -0.15) is 0 Å². The van der Waals surface area contributed by atoms with Crippen molar-refractivity contribution in [3.63, 3.8) is 0 Å². The molecule has 1 fully saturated rings. The van der Waals surface area contributed by atoms with Crippen molar-refractivity contribution in [2.24, 2.45) is 0 Å². The third-order valence-corrected chi connectivity index (χ3v) is 7.37. The number of benzene rings is 1. The first-order valence-electron chi connectivity index (χ1n) is 11.1. The second-order valence-corrected chi connectivity index (χ2v) is 10.3. The highest BCUT2D eigenvalue weighted by atomic mass is 32.2. The fraction of sp³-hybridized carbons (Fsp3) is 0.280. The van der Waals surface area contributed by atoms with Gasteiger partial charge in [-0.05, 0) is 55.5 Å². The van der Waals surface area contributed by atoms with Crippen molar-refractivity contribution in [1.82, 2.24) is 15.3 Å². The van der Waals surface area contributed by atoms with Crippen molar-refractivity contribution in [1.29, 1.82) is 0 Å². The van der Waals surface area contributed by atoms with Crippen LogP contribution in [0, 0.1) is 6.92 Å². The summed E-state index contributed by atoms with van der Waals surface area (Å²) in [5.41, 5.74) is 2.36. The number of nitrogens with one attached hydrogen (secondary N) is 1. The van der Waals surface area contributed by atoms with Crippen molar-refractivity contribution in [3.05, 3.63) is 89.4 Å². The van der Waals surface area contributed by atoms with Gasteiger partial charge in [-0.25, -0.2) is 18.4 Å². The second kappa shape index (κ2) is 10.1. The van der Waals surface area contributed by atoms with Crippen LogP contribution in [0.3, 0.4) is 0 Å². The highest BCUT2D eigenvalue weighted by Crippen LogP contribution is 2.35. The van der Waals surface area contributed by atoms with E-state index in [-0.39, 0.29) is 23.1 Å². The minimum absolute atomic E-state index is 0.104. The van der Waals surface area contributed by atoms with Gasteiger partial charge in [0.1, 0.15) is 17.3 Å². The van der Waals surface area contributed by atoms with Gasteiger partial charge in [-0.1, -0.05) is 42.5 Å². The van der Waals surface area contributed by atoms with Gasteiger partial charge < -0.3 is 5.32 Å². The maximum Gasteiger partial charge on any atom is 0.269 e. The molecule has 0 radical (unpaired) electrons. The molecule has 34 heavy (non-hydrogen) atoms. The van der Waals surface area contributed by atoms with Gasteiger partial charge in [-0.15, -0.1) is 0 Å². The van der Waals surface area contributed by atoms with Crippen molar-refractivity contribution in [2.75, 3.05) is 17.2 Å². The van der Waals surface area contributed by atoms with Crippen LogP contribution >= 0.6 is 0 Å². The Morgan fingerprint density at radius 1 is 1.06 bits per heavy atom. The lowest BCUT2D eigenvalue weighted by molar-refractivity contribution is -0.115. The molecular formula is C25H26N4O4S. The number of aromatic nitrogens is 2. The van der Waals surface area contributed by atoms with Crippen molar-refractivity contribution >= 4 is 27.5 Å². The average molecular weight is 479 g/mol. The lowest BCUT2D eigenvalue weighted by atomic mass is 10.1. The smallest absolute Gasteiger partial charge is 0.269 e. The van der Waals surface area contributed by atoms with Gasteiger partial charge in [0.05, 0.1) is 5.69 Å². The molecule has 0 bridgehead atoms. The van der Waals surface area contributed by atoms with Crippen molar-refractivity contribution in [3.8, 4) is 0 Å². The fourth-order valence-electron chi connectivity index (χ4n) is 3.89. The summed E-state index contributed by atoms with van der Waals surface area (Å²) < 4.78 is 25.7. The topological polar surface area (TPSA) is 109 Å². The first-order chi connectivity index (χ1) is 16.3. The summed E-state index contributed by atoms with van der Waals surface area (Å²) in [5.74, 6) is -1.36. The van der Waals surface area contributed by atoms with E-state index in [9.17, 15) is 18.0 Å². The van der Waals surface area contributed by atoms with Gasteiger partial charge in [0.2, 0.25) is 5.91 Å². The number of unbranched alkanes of at least 4 members (excludes halogenated alkanes) is 1. The van der Waals surface area contributed by atoms with E-state index in [0.29, 0.717) is 6.54 Å². The van der Waals surface area contributed by atoms with E-state index in [1.54, 1.807) is 24.4 Å². The lowest BCUT2D eigenvalue weighted by Crippen LogP contribution is -2.31. The Morgan fingerprint density at radius 2 is 1.85 bits per heavy atom. The molecule has 4 rings (SSSR count). The van der Waals surface area contributed by atoms with E-state index in [0.717, 1.165) is 29.7 Å². The highest BCUT2D eigenvalue weighted by molar-refractivity contribution is 7.93. The monoisotopic (exact) mass is 478 g/mol. The zero-order valence-corrected chi connectivity index (χ0v) is 19.7. The number of sulfone groups is 1. The molecule has 1 saturated heterocycles. The maximum atomic E-state index is 12.8. The molecule has 3 heterocycles. The molecule has 8 nitrogen and oxygen atoms in total. The minimum Gasteiger partial charge on any atom is -0.351 e. The van der Waals surface area contributed by atoms with Crippen molar-refractivity contribution in [2.45, 2.75) is 31.6 Å². The van der Waals surface area contributed by atoms with Crippen LogP contribution in [0.25, 0.3) is 0 Å². The normalized spacial score (nSPS) is 17.0. The van der Waals surface area contributed by atoms with E-state index in [2.05, 4.69) is 27.4 Å². The number of hydrogen-bond acceptors (Lipinski definition) is 6. The summed E-state index contributed by atoms with van der Waals surface area (Å²) in [7, 11) is -3.85. The van der Waals surface area contributed by atoms with Crippen LogP contribution in [0.15, 0.2) is 66.9 Å². The van der Waals surface area contributed by atoms with E-state index in [1.165, 1.54) is 17.7 Å². The molecule has 1 unspecified atom stereocenters. The molecule has 0 spiro atoms. The van der Waals surface area contributed by atoms with Crippen LogP contribution in [-0.2, 0) is 21.1 Å². The van der Waals surface area contributed by atoms with Gasteiger partial charge in [0.15, 0.2) is 15.2 Å². The predicted molar refractivity (Wildman–Crippen MR) is 129 cm³/mol. The molecule has 0 saturated carbocycles. The Labute approximate surface area is 199 Å². The van der Waals surface area contributed by atoms with Gasteiger partial charge in [-0.3, -0.25) is 14.5 Å². The molecule has 1 aromatic carbocycles. The summed E-state index contributed by atoms with van der Waals surface area (Å²) in [5, 5.41) is 1.51. The molecule has 2 aromatic heterocycles.